The fourth-order valence-electron chi connectivity index (χ4n) is 0.728. The van der Waals surface area contributed by atoms with Crippen LogP contribution in [0.4, 0.5) is 3.89 Å². The quantitative estimate of drug-likeness (QED) is 0.804. The third kappa shape index (κ3) is 2.41. The Hall–Kier alpha value is -0.140. The smallest absolute Gasteiger partial charge is 0.335 e. The number of aromatic hydroxyl groups is 1. The van der Waals surface area contributed by atoms with Crippen LogP contribution in [0, 0.1) is 0 Å². The molecule has 0 aliphatic rings. The average Bonchev–Trinajstić information content (AvgIpc) is 1.94. The molecular formula is C6H3Br2FO3S. The van der Waals surface area contributed by atoms with Gasteiger partial charge in [-0.1, -0.05) is 15.9 Å². The van der Waals surface area contributed by atoms with Crippen molar-refractivity contribution < 1.29 is 17.4 Å². The van der Waals surface area contributed by atoms with Gasteiger partial charge in [0.25, 0.3) is 0 Å². The number of phenols is 1. The Kier molecular flexibility index (Phi) is 2.98. The Morgan fingerprint density at radius 1 is 1.31 bits per heavy atom. The van der Waals surface area contributed by atoms with E-state index in [-0.39, 0.29) is 4.47 Å². The minimum Gasteiger partial charge on any atom is -0.505 e. The molecule has 7 heteroatoms. The Balaban J connectivity index is 3.56. The highest BCUT2D eigenvalue weighted by Crippen LogP contribution is 2.35. The zero-order chi connectivity index (χ0) is 10.2. The fourth-order valence-corrected chi connectivity index (χ4v) is 2.84. The molecule has 1 aromatic rings. The number of rotatable bonds is 1. The van der Waals surface area contributed by atoms with Gasteiger partial charge in [-0.15, -0.1) is 3.89 Å². The molecule has 72 valence electrons. The minimum atomic E-state index is -4.89. The van der Waals surface area contributed by atoms with Crippen LogP contribution >= 0.6 is 31.9 Å². The second-order valence-corrected chi connectivity index (χ2v) is 5.26. The van der Waals surface area contributed by atoms with Crippen molar-refractivity contribution in [3.8, 4) is 5.75 Å². The van der Waals surface area contributed by atoms with Gasteiger partial charge in [-0.2, -0.15) is 8.42 Å². The summed E-state index contributed by atoms with van der Waals surface area (Å²) < 4.78 is 34.0. The zero-order valence-corrected chi connectivity index (χ0v) is 9.95. The van der Waals surface area contributed by atoms with Crippen molar-refractivity contribution in [2.75, 3.05) is 0 Å². The fraction of sp³-hybridized carbons (Fsp3) is 0. The summed E-state index contributed by atoms with van der Waals surface area (Å²) >= 11 is 5.85. The molecule has 13 heavy (non-hydrogen) atoms. The van der Waals surface area contributed by atoms with E-state index < -0.39 is 20.9 Å². The molecule has 0 amide bonds. The van der Waals surface area contributed by atoms with Crippen LogP contribution in [0.2, 0.25) is 0 Å². The summed E-state index contributed by atoms with van der Waals surface area (Å²) in [5.74, 6) is -0.634. The van der Waals surface area contributed by atoms with Gasteiger partial charge in [-0.25, -0.2) is 0 Å². The molecule has 0 aliphatic carbocycles. The largest absolute Gasteiger partial charge is 0.505 e. The average molecular weight is 334 g/mol. The second kappa shape index (κ2) is 3.55. The molecule has 0 saturated heterocycles. The molecule has 0 unspecified atom stereocenters. The summed E-state index contributed by atoms with van der Waals surface area (Å²) in [5, 5.41) is 9.17. The highest BCUT2D eigenvalue weighted by molar-refractivity contribution is 9.11. The van der Waals surface area contributed by atoms with Gasteiger partial charge in [0.2, 0.25) is 0 Å². The van der Waals surface area contributed by atoms with E-state index in [1.54, 1.807) is 0 Å². The van der Waals surface area contributed by atoms with Crippen molar-refractivity contribution in [2.45, 2.75) is 4.90 Å². The third-order valence-electron chi connectivity index (χ3n) is 1.26. The molecule has 1 aromatic carbocycles. The molecule has 0 bridgehead atoms. The molecule has 1 rings (SSSR count). The first-order valence-electron chi connectivity index (χ1n) is 2.95. The van der Waals surface area contributed by atoms with Crippen molar-refractivity contribution in [1.29, 1.82) is 0 Å². The summed E-state index contributed by atoms with van der Waals surface area (Å²) in [6.07, 6.45) is 0. The van der Waals surface area contributed by atoms with Crippen LogP contribution in [0.3, 0.4) is 0 Å². The van der Waals surface area contributed by atoms with Gasteiger partial charge in [-0.05, 0) is 28.1 Å². The second-order valence-electron chi connectivity index (χ2n) is 2.17. The molecule has 0 atom stereocenters. The van der Waals surface area contributed by atoms with Crippen LogP contribution in [0.15, 0.2) is 26.0 Å². The van der Waals surface area contributed by atoms with E-state index in [0.717, 1.165) is 6.07 Å². The van der Waals surface area contributed by atoms with Crippen LogP contribution in [-0.4, -0.2) is 13.5 Å². The van der Waals surface area contributed by atoms with Gasteiger partial charge in [-0.3, -0.25) is 0 Å². The van der Waals surface area contributed by atoms with E-state index in [9.17, 15) is 17.4 Å². The van der Waals surface area contributed by atoms with Crippen molar-refractivity contribution in [3.05, 3.63) is 21.1 Å². The summed E-state index contributed by atoms with van der Waals surface area (Å²) in [6, 6.07) is 2.39. The Bertz CT molecular complexity index is 443. The zero-order valence-electron chi connectivity index (χ0n) is 5.96. The predicted molar refractivity (Wildman–Crippen MR) is 51.8 cm³/mol. The molecule has 3 nitrogen and oxygen atoms in total. The lowest BCUT2D eigenvalue weighted by atomic mass is 10.3. The van der Waals surface area contributed by atoms with Crippen LogP contribution in [0.25, 0.3) is 0 Å². The maximum Gasteiger partial charge on any atom is 0.335 e. The first-order chi connectivity index (χ1) is 5.82. The molecule has 0 radical (unpaired) electrons. The van der Waals surface area contributed by atoms with Gasteiger partial charge in [0, 0.05) is 4.47 Å². The van der Waals surface area contributed by atoms with E-state index in [2.05, 4.69) is 31.9 Å². The maximum absolute atomic E-state index is 12.5. The van der Waals surface area contributed by atoms with E-state index in [1.165, 1.54) is 6.07 Å². The van der Waals surface area contributed by atoms with Gasteiger partial charge in [0.1, 0.15) is 4.90 Å². The summed E-state index contributed by atoms with van der Waals surface area (Å²) in [5.41, 5.74) is 0. The van der Waals surface area contributed by atoms with Crippen molar-refractivity contribution in [1.82, 2.24) is 0 Å². The molecule has 1 N–H and O–H groups in total. The van der Waals surface area contributed by atoms with E-state index >= 15 is 0 Å². The number of phenolic OH excluding ortho intramolecular Hbond substituents is 1. The number of hydrogen-bond acceptors (Lipinski definition) is 3. The number of hydrogen-bond donors (Lipinski definition) is 1. The first-order valence-corrected chi connectivity index (χ1v) is 5.92. The third-order valence-corrected chi connectivity index (χ3v) is 3.15. The monoisotopic (exact) mass is 332 g/mol. The Morgan fingerprint density at radius 3 is 2.31 bits per heavy atom. The molecule has 0 aromatic heterocycles. The van der Waals surface area contributed by atoms with Gasteiger partial charge >= 0.3 is 10.2 Å². The summed E-state index contributed by atoms with van der Waals surface area (Å²) in [4.78, 5) is -0.756. The molecule has 0 heterocycles. The van der Waals surface area contributed by atoms with E-state index in [0.29, 0.717) is 4.47 Å². The Labute approximate surface area is 91.0 Å². The molecule has 0 fully saturated rings. The van der Waals surface area contributed by atoms with Crippen LogP contribution in [-0.2, 0) is 10.2 Å². The molecular weight excluding hydrogens is 331 g/mol. The van der Waals surface area contributed by atoms with Gasteiger partial charge < -0.3 is 5.11 Å². The van der Waals surface area contributed by atoms with Crippen molar-refractivity contribution >= 4 is 42.1 Å². The van der Waals surface area contributed by atoms with Crippen LogP contribution in [0.5, 0.6) is 5.75 Å². The number of benzene rings is 1. The SMILES string of the molecule is O=S(=O)(F)c1cc(Br)cc(Br)c1O. The van der Waals surface area contributed by atoms with Crippen molar-refractivity contribution in [2.24, 2.45) is 0 Å². The van der Waals surface area contributed by atoms with Crippen LogP contribution < -0.4 is 0 Å². The molecule has 0 saturated carbocycles. The molecule has 0 spiro atoms. The number of halogens is 3. The van der Waals surface area contributed by atoms with Gasteiger partial charge in [0.15, 0.2) is 5.75 Å². The van der Waals surface area contributed by atoms with E-state index in [4.69, 9.17) is 0 Å². The Morgan fingerprint density at radius 2 is 1.85 bits per heavy atom. The van der Waals surface area contributed by atoms with Gasteiger partial charge in [0.05, 0.1) is 4.47 Å². The van der Waals surface area contributed by atoms with Crippen molar-refractivity contribution in [3.63, 3.8) is 0 Å². The maximum atomic E-state index is 12.5. The topological polar surface area (TPSA) is 54.4 Å². The highest BCUT2D eigenvalue weighted by atomic mass is 79.9. The standard InChI is InChI=1S/C6H3Br2FO3S/c7-3-1-4(8)6(10)5(2-3)13(9,11)12/h1-2,10H. The van der Waals surface area contributed by atoms with Crippen LogP contribution in [0.1, 0.15) is 0 Å². The molecule has 0 aliphatic heterocycles. The summed E-state index contributed by atoms with van der Waals surface area (Å²) in [6.45, 7) is 0. The predicted octanol–water partition coefficient (Wildman–Crippen LogP) is 2.58. The minimum absolute atomic E-state index is 0.109. The highest BCUT2D eigenvalue weighted by Gasteiger charge is 2.19. The summed E-state index contributed by atoms with van der Waals surface area (Å²) in [7, 11) is -4.89. The lowest BCUT2D eigenvalue weighted by molar-refractivity contribution is 0.451. The first kappa shape index (κ1) is 10.9. The lowest BCUT2D eigenvalue weighted by Crippen LogP contribution is -1.93. The van der Waals surface area contributed by atoms with E-state index in [1.807, 2.05) is 0 Å². The lowest BCUT2D eigenvalue weighted by Gasteiger charge is -2.02. The normalized spacial score (nSPS) is 11.6.